The molecule has 0 atom stereocenters. The van der Waals surface area contributed by atoms with Crippen LogP contribution in [0, 0.1) is 40.5 Å². The van der Waals surface area contributed by atoms with Crippen molar-refractivity contribution in [3.63, 3.8) is 0 Å². The molecule has 0 N–H and O–H groups in total. The van der Waals surface area contributed by atoms with Crippen LogP contribution in [0.1, 0.15) is 11.1 Å². The molecular formula is C18H8N4O10S2. The number of fused-ring (bicyclic) bond motifs is 3. The number of hydrogen-bond donors (Lipinski definition) is 0. The highest BCUT2D eigenvalue weighted by molar-refractivity contribution is 8.28. The van der Waals surface area contributed by atoms with Crippen LogP contribution in [0.3, 0.4) is 0 Å². The predicted octanol–water partition coefficient (Wildman–Crippen LogP) is 4.51. The van der Waals surface area contributed by atoms with Gasteiger partial charge in [0.15, 0.2) is 0 Å². The third-order valence-corrected chi connectivity index (χ3v) is 7.23. The number of nitro benzene ring substituents is 4. The second-order valence-corrected chi connectivity index (χ2v) is 8.85. The first kappa shape index (κ1) is 22.9. The largest absolute Gasteiger partial charge is 0.465 e. The van der Waals surface area contributed by atoms with Gasteiger partial charge >= 0.3 is 5.97 Å². The van der Waals surface area contributed by atoms with Crippen LogP contribution in [0.5, 0.6) is 0 Å². The number of nitrogens with zero attached hydrogens (tertiary/aromatic N) is 4. The highest BCUT2D eigenvalue weighted by atomic mass is 32.2. The Kier molecular flexibility index (Phi) is 5.54. The summed E-state index contributed by atoms with van der Waals surface area (Å²) in [6, 6.07) is 3.37. The zero-order valence-corrected chi connectivity index (χ0v) is 18.2. The van der Waals surface area contributed by atoms with Crippen LogP contribution < -0.4 is 0 Å². The molecule has 1 aliphatic heterocycles. The fraction of sp³-hybridized carbons (Fsp3) is 0.0556. The molecule has 2 aromatic rings. The molecule has 16 heteroatoms. The summed E-state index contributed by atoms with van der Waals surface area (Å²) in [5, 5.41) is 48.0. The van der Waals surface area contributed by atoms with Crippen molar-refractivity contribution in [1.82, 2.24) is 0 Å². The van der Waals surface area contributed by atoms with Crippen LogP contribution in [0.4, 0.5) is 22.7 Å². The minimum atomic E-state index is -0.915. The number of thioether (sulfide) groups is 2. The molecule has 1 aliphatic carbocycles. The van der Waals surface area contributed by atoms with E-state index in [4.69, 9.17) is 0 Å². The second kappa shape index (κ2) is 8.23. The third-order valence-electron chi connectivity index (χ3n) is 4.87. The Morgan fingerprint density at radius 2 is 1.26 bits per heavy atom. The van der Waals surface area contributed by atoms with Crippen LogP contribution in [-0.2, 0) is 9.53 Å². The van der Waals surface area contributed by atoms with E-state index in [0.717, 1.165) is 42.8 Å². The summed E-state index contributed by atoms with van der Waals surface area (Å²) in [5.74, 6) is -0.693. The molecule has 172 valence electrons. The number of non-ortho nitro benzene ring substituents is 2. The number of carbonyl (C=O) groups is 1. The first-order valence-electron chi connectivity index (χ1n) is 8.87. The maximum Gasteiger partial charge on any atom is 0.345 e. The number of methoxy groups -OCH3 is 1. The molecule has 0 saturated carbocycles. The summed E-state index contributed by atoms with van der Waals surface area (Å²) in [6.07, 6.45) is 0. The molecular weight excluding hydrogens is 496 g/mol. The normalized spacial score (nSPS) is 13.7. The van der Waals surface area contributed by atoms with E-state index in [1.165, 1.54) is 5.41 Å². The van der Waals surface area contributed by atoms with Crippen LogP contribution >= 0.6 is 23.5 Å². The lowest BCUT2D eigenvalue weighted by molar-refractivity contribution is -0.395. The van der Waals surface area contributed by atoms with Gasteiger partial charge in [-0.2, -0.15) is 0 Å². The monoisotopic (exact) mass is 504 g/mol. The van der Waals surface area contributed by atoms with Gasteiger partial charge in [0.25, 0.3) is 22.7 Å². The zero-order valence-electron chi connectivity index (χ0n) is 16.6. The minimum absolute atomic E-state index is 0.0637. The molecule has 0 saturated heterocycles. The summed E-state index contributed by atoms with van der Waals surface area (Å²) >= 11 is 1.85. The molecule has 0 aromatic heterocycles. The van der Waals surface area contributed by atoms with E-state index in [1.54, 1.807) is 0 Å². The molecule has 14 nitrogen and oxygen atoms in total. The molecule has 2 aliphatic rings. The Morgan fingerprint density at radius 3 is 1.65 bits per heavy atom. The number of nitro groups is 4. The van der Waals surface area contributed by atoms with Gasteiger partial charge in [-0.3, -0.25) is 40.5 Å². The number of carbonyl (C=O) groups excluding carboxylic acids is 1. The lowest BCUT2D eigenvalue weighted by Crippen LogP contribution is -1.99. The van der Waals surface area contributed by atoms with Gasteiger partial charge in [0.1, 0.15) is 4.91 Å². The number of ether oxygens (including phenoxy) is 1. The fourth-order valence-corrected chi connectivity index (χ4v) is 5.84. The summed E-state index contributed by atoms with van der Waals surface area (Å²) in [7, 11) is 1.15. The van der Waals surface area contributed by atoms with Crippen LogP contribution in [0.15, 0.2) is 38.8 Å². The van der Waals surface area contributed by atoms with E-state index < -0.39 is 48.4 Å². The third kappa shape index (κ3) is 3.54. The molecule has 0 amide bonds. The molecule has 4 rings (SSSR count). The Balaban J connectivity index is 2.14. The van der Waals surface area contributed by atoms with Crippen molar-refractivity contribution in [3.05, 3.63) is 90.4 Å². The first-order valence-corrected chi connectivity index (χ1v) is 10.6. The highest BCUT2D eigenvalue weighted by Crippen LogP contribution is 2.59. The van der Waals surface area contributed by atoms with Gasteiger partial charge in [-0.05, 0) is 5.41 Å². The molecule has 2 aromatic carbocycles. The number of esters is 1. The van der Waals surface area contributed by atoms with Gasteiger partial charge in [-0.1, -0.05) is 23.5 Å². The van der Waals surface area contributed by atoms with Crippen LogP contribution in [-0.4, -0.2) is 32.8 Å². The van der Waals surface area contributed by atoms with Gasteiger partial charge in [0, 0.05) is 28.8 Å². The van der Waals surface area contributed by atoms with Crippen molar-refractivity contribution < 1.29 is 29.2 Å². The van der Waals surface area contributed by atoms with Gasteiger partial charge in [0.05, 0.1) is 54.3 Å². The summed E-state index contributed by atoms with van der Waals surface area (Å²) in [4.78, 5) is 55.1. The molecule has 0 unspecified atom stereocenters. The molecule has 34 heavy (non-hydrogen) atoms. The molecule has 0 bridgehead atoms. The van der Waals surface area contributed by atoms with Crippen molar-refractivity contribution in [1.29, 1.82) is 0 Å². The Labute approximate surface area is 195 Å². The zero-order chi connectivity index (χ0) is 24.9. The van der Waals surface area contributed by atoms with Gasteiger partial charge in [0.2, 0.25) is 0 Å². The number of hydrogen-bond acceptors (Lipinski definition) is 12. The van der Waals surface area contributed by atoms with E-state index in [1.807, 2.05) is 0 Å². The van der Waals surface area contributed by atoms with Crippen LogP contribution in [0.2, 0.25) is 0 Å². The molecule has 1 heterocycles. The van der Waals surface area contributed by atoms with E-state index in [9.17, 15) is 45.3 Å². The molecule has 0 spiro atoms. The van der Waals surface area contributed by atoms with E-state index >= 15 is 0 Å². The van der Waals surface area contributed by atoms with E-state index in [-0.39, 0.29) is 37.0 Å². The SMILES string of the molecule is COC(=O)C1=CSC(=C2c3cc([N+](=O)[O-])cc([N+](=O)[O-])c3-c3c2cc([N+](=O)[O-])cc3[N+](=O)[O-])S1. The van der Waals surface area contributed by atoms with Crippen molar-refractivity contribution in [2.45, 2.75) is 0 Å². The quantitative estimate of drug-likeness (QED) is 0.268. The average Bonchev–Trinajstić information content (AvgIpc) is 3.39. The van der Waals surface area contributed by atoms with E-state index in [0.29, 0.717) is 12.1 Å². The maximum atomic E-state index is 11.9. The lowest BCUT2D eigenvalue weighted by atomic mass is 10.0. The second-order valence-electron chi connectivity index (χ2n) is 6.66. The molecule has 0 radical (unpaired) electrons. The smallest absolute Gasteiger partial charge is 0.345 e. The molecule has 0 fully saturated rings. The van der Waals surface area contributed by atoms with Gasteiger partial charge in [-0.15, -0.1) is 0 Å². The first-order chi connectivity index (χ1) is 16.0. The predicted molar refractivity (Wildman–Crippen MR) is 120 cm³/mol. The van der Waals surface area contributed by atoms with E-state index in [2.05, 4.69) is 4.74 Å². The number of benzene rings is 2. The Bertz CT molecular complexity index is 1350. The summed E-state index contributed by atoms with van der Waals surface area (Å²) < 4.78 is 4.95. The standard InChI is InChI=1S/C18H8N4O10S2/c1-32-17(23)13-6-33-18(34-13)14-9-2-7(19(24)25)4-11(21(28)29)15(9)16-10(14)3-8(20(26)27)5-12(16)22(30)31/h2-6H,1H3. The fourth-order valence-electron chi connectivity index (χ4n) is 3.56. The van der Waals surface area contributed by atoms with Crippen molar-refractivity contribution in [2.75, 3.05) is 7.11 Å². The van der Waals surface area contributed by atoms with Crippen LogP contribution in [0.25, 0.3) is 16.7 Å². The summed E-state index contributed by atoms with van der Waals surface area (Å²) in [6.45, 7) is 0. The van der Waals surface area contributed by atoms with Crippen molar-refractivity contribution in [2.24, 2.45) is 0 Å². The van der Waals surface area contributed by atoms with Gasteiger partial charge < -0.3 is 4.74 Å². The lowest BCUT2D eigenvalue weighted by Gasteiger charge is -2.07. The van der Waals surface area contributed by atoms with Gasteiger partial charge in [-0.25, -0.2) is 4.79 Å². The Hall–Kier alpha value is -4.31. The minimum Gasteiger partial charge on any atom is -0.465 e. The Morgan fingerprint density at radius 1 is 0.794 bits per heavy atom. The summed E-state index contributed by atoms with van der Waals surface area (Å²) in [5.41, 5.74) is -3.51. The average molecular weight is 504 g/mol. The highest BCUT2D eigenvalue weighted by Gasteiger charge is 2.42. The maximum absolute atomic E-state index is 11.9. The van der Waals surface area contributed by atoms with Crippen molar-refractivity contribution in [3.8, 4) is 11.1 Å². The number of rotatable bonds is 5. The van der Waals surface area contributed by atoms with Crippen molar-refractivity contribution >= 4 is 57.8 Å². The topological polar surface area (TPSA) is 199 Å².